The van der Waals surface area contributed by atoms with E-state index < -0.39 is 0 Å². The normalized spacial score (nSPS) is 15.1. The highest BCUT2D eigenvalue weighted by molar-refractivity contribution is 5.78. The second-order valence-corrected chi connectivity index (χ2v) is 7.51. The molecule has 2 heterocycles. The van der Waals surface area contributed by atoms with Crippen LogP contribution < -0.4 is 18.9 Å². The van der Waals surface area contributed by atoms with Gasteiger partial charge in [-0.05, 0) is 53.8 Å². The first kappa shape index (κ1) is 21.5. The lowest BCUT2D eigenvalue weighted by Gasteiger charge is -2.38. The first-order valence-electron chi connectivity index (χ1n) is 10.3. The summed E-state index contributed by atoms with van der Waals surface area (Å²) in [5.74, 6) is 2.64. The minimum Gasteiger partial charge on any atom is -0.493 e. The van der Waals surface area contributed by atoms with Crippen molar-refractivity contribution in [3.8, 4) is 23.0 Å². The fraction of sp³-hybridized carbons (Fsp3) is 0.333. The quantitative estimate of drug-likeness (QED) is 0.585. The molecule has 1 aliphatic heterocycles. The molecular weight excluding hydrogens is 410 g/mol. The molecule has 0 aliphatic carbocycles. The first-order chi connectivity index (χ1) is 15.6. The zero-order chi connectivity index (χ0) is 22.7. The van der Waals surface area contributed by atoms with Crippen molar-refractivity contribution < 1.29 is 23.7 Å². The Bertz CT molecular complexity index is 1100. The molecule has 1 unspecified atom stereocenters. The van der Waals surface area contributed by atoms with Gasteiger partial charge in [-0.2, -0.15) is 0 Å². The third kappa shape index (κ3) is 3.95. The number of fused-ring (bicyclic) bond motifs is 1. The van der Waals surface area contributed by atoms with Gasteiger partial charge in [0, 0.05) is 18.9 Å². The summed E-state index contributed by atoms with van der Waals surface area (Å²) >= 11 is 0. The number of ether oxygens (including phenoxy) is 4. The van der Waals surface area contributed by atoms with E-state index in [1.54, 1.807) is 40.8 Å². The van der Waals surface area contributed by atoms with Crippen LogP contribution in [0.5, 0.6) is 23.0 Å². The minimum atomic E-state index is -0.202. The zero-order valence-corrected chi connectivity index (χ0v) is 18.7. The summed E-state index contributed by atoms with van der Waals surface area (Å²) < 4.78 is 23.4. The molecule has 4 rings (SSSR count). The molecule has 1 aromatic heterocycles. The molecule has 0 spiro atoms. The summed E-state index contributed by atoms with van der Waals surface area (Å²) in [7, 11) is 6.47. The smallest absolute Gasteiger partial charge is 0.329 e. The van der Waals surface area contributed by atoms with E-state index in [0.29, 0.717) is 36.0 Å². The summed E-state index contributed by atoms with van der Waals surface area (Å²) in [6.07, 6.45) is 6.12. The molecule has 8 nitrogen and oxygen atoms in total. The second kappa shape index (κ2) is 9.21. The van der Waals surface area contributed by atoms with Crippen LogP contribution in [0.2, 0.25) is 0 Å². The number of carbonyl (C=O) groups is 1. The van der Waals surface area contributed by atoms with Crippen LogP contribution in [0.4, 0.5) is 4.79 Å². The molecule has 1 aliphatic rings. The Balaban J connectivity index is 1.77. The van der Waals surface area contributed by atoms with Crippen LogP contribution in [0, 0.1) is 0 Å². The molecule has 168 valence electrons. The fourth-order valence-corrected chi connectivity index (χ4v) is 4.23. The molecule has 32 heavy (non-hydrogen) atoms. The molecule has 2 aromatic carbocycles. The van der Waals surface area contributed by atoms with Crippen molar-refractivity contribution in [1.29, 1.82) is 0 Å². The highest BCUT2D eigenvalue weighted by atomic mass is 16.5. The molecule has 1 amide bonds. The number of amides is 1. The average molecular weight is 437 g/mol. The molecule has 0 saturated heterocycles. The van der Waals surface area contributed by atoms with Crippen molar-refractivity contribution in [3.63, 3.8) is 0 Å². The average Bonchev–Trinajstić information content (AvgIpc) is 3.37. The number of carbonyl (C=O) groups excluding carboxylic acids is 1. The Hall–Kier alpha value is -3.68. The molecule has 0 saturated carbocycles. The molecule has 0 fully saturated rings. The molecule has 0 bridgehead atoms. The van der Waals surface area contributed by atoms with Gasteiger partial charge in [0.15, 0.2) is 23.0 Å². The van der Waals surface area contributed by atoms with E-state index in [2.05, 4.69) is 4.98 Å². The lowest BCUT2D eigenvalue weighted by atomic mass is 9.88. The van der Waals surface area contributed by atoms with Crippen LogP contribution in [0.1, 0.15) is 22.7 Å². The van der Waals surface area contributed by atoms with Crippen molar-refractivity contribution >= 4 is 6.03 Å². The van der Waals surface area contributed by atoms with Crippen molar-refractivity contribution in [3.05, 3.63) is 65.7 Å². The Morgan fingerprint density at radius 2 is 1.66 bits per heavy atom. The number of benzene rings is 2. The minimum absolute atomic E-state index is 0.117. The van der Waals surface area contributed by atoms with Crippen molar-refractivity contribution in [2.75, 3.05) is 35.0 Å². The van der Waals surface area contributed by atoms with Gasteiger partial charge >= 0.3 is 6.03 Å². The van der Waals surface area contributed by atoms with Gasteiger partial charge in [0.1, 0.15) is 6.33 Å². The lowest BCUT2D eigenvalue weighted by Crippen LogP contribution is -2.42. The lowest BCUT2D eigenvalue weighted by molar-refractivity contribution is 0.170. The van der Waals surface area contributed by atoms with E-state index in [1.807, 2.05) is 35.2 Å². The second-order valence-electron chi connectivity index (χ2n) is 7.51. The van der Waals surface area contributed by atoms with E-state index in [0.717, 1.165) is 23.1 Å². The SMILES string of the molecule is COc1ccc(CC2c3cc(OC)c(OC)cc3CCN2C(=O)n2ccnc2)cc1OC. The van der Waals surface area contributed by atoms with Crippen LogP contribution in [0.3, 0.4) is 0 Å². The van der Waals surface area contributed by atoms with E-state index in [4.69, 9.17) is 18.9 Å². The molecule has 0 radical (unpaired) electrons. The van der Waals surface area contributed by atoms with Crippen LogP contribution in [0.15, 0.2) is 49.1 Å². The number of imidazole rings is 1. The van der Waals surface area contributed by atoms with E-state index in [1.165, 1.54) is 10.9 Å². The third-order valence-electron chi connectivity index (χ3n) is 5.85. The number of methoxy groups -OCH3 is 4. The Labute approximate surface area is 187 Å². The number of aromatic nitrogens is 2. The van der Waals surface area contributed by atoms with E-state index >= 15 is 0 Å². The predicted octanol–water partition coefficient (Wildman–Crippen LogP) is 3.73. The number of hydrogen-bond donors (Lipinski definition) is 0. The maximum atomic E-state index is 13.3. The maximum Gasteiger partial charge on any atom is 0.329 e. The standard InChI is InChI=1S/C24H27N3O5/c1-29-20-6-5-16(12-21(20)30-2)11-19-18-14-23(32-4)22(31-3)13-17(18)7-9-27(19)24(28)26-10-8-25-15-26/h5-6,8,10,12-15,19H,7,9,11H2,1-4H3. The van der Waals surface area contributed by atoms with Gasteiger partial charge in [-0.15, -0.1) is 0 Å². The van der Waals surface area contributed by atoms with Gasteiger partial charge in [0.25, 0.3) is 0 Å². The summed E-state index contributed by atoms with van der Waals surface area (Å²) in [5, 5.41) is 0. The number of hydrogen-bond acceptors (Lipinski definition) is 6. The van der Waals surface area contributed by atoms with Gasteiger partial charge in [0.05, 0.1) is 34.5 Å². The van der Waals surface area contributed by atoms with Gasteiger partial charge < -0.3 is 23.8 Å². The largest absolute Gasteiger partial charge is 0.493 e. The van der Waals surface area contributed by atoms with Crippen LogP contribution in [-0.4, -0.2) is 55.5 Å². The molecular formula is C24H27N3O5. The van der Waals surface area contributed by atoms with Crippen LogP contribution in [0.25, 0.3) is 0 Å². The zero-order valence-electron chi connectivity index (χ0n) is 18.7. The Morgan fingerprint density at radius 1 is 0.969 bits per heavy atom. The maximum absolute atomic E-state index is 13.3. The van der Waals surface area contributed by atoms with Gasteiger partial charge in [-0.25, -0.2) is 9.78 Å². The van der Waals surface area contributed by atoms with E-state index in [9.17, 15) is 4.79 Å². The van der Waals surface area contributed by atoms with Gasteiger partial charge in [-0.1, -0.05) is 6.07 Å². The number of nitrogens with zero attached hydrogens (tertiary/aromatic N) is 3. The van der Waals surface area contributed by atoms with Crippen molar-refractivity contribution in [1.82, 2.24) is 14.5 Å². The van der Waals surface area contributed by atoms with Crippen LogP contribution >= 0.6 is 0 Å². The van der Waals surface area contributed by atoms with Gasteiger partial charge in [-0.3, -0.25) is 4.57 Å². The Kier molecular flexibility index (Phi) is 6.20. The van der Waals surface area contributed by atoms with Crippen LogP contribution in [-0.2, 0) is 12.8 Å². The monoisotopic (exact) mass is 437 g/mol. The molecule has 1 atom stereocenters. The number of rotatable bonds is 6. The molecule has 0 N–H and O–H groups in total. The predicted molar refractivity (Wildman–Crippen MR) is 119 cm³/mol. The third-order valence-corrected chi connectivity index (χ3v) is 5.85. The van der Waals surface area contributed by atoms with E-state index in [-0.39, 0.29) is 12.1 Å². The van der Waals surface area contributed by atoms with Crippen molar-refractivity contribution in [2.24, 2.45) is 0 Å². The highest BCUT2D eigenvalue weighted by Crippen LogP contribution is 2.40. The molecule has 3 aromatic rings. The first-order valence-corrected chi connectivity index (χ1v) is 10.3. The van der Waals surface area contributed by atoms with Crippen molar-refractivity contribution in [2.45, 2.75) is 18.9 Å². The van der Waals surface area contributed by atoms with Gasteiger partial charge in [0.2, 0.25) is 0 Å². The highest BCUT2D eigenvalue weighted by Gasteiger charge is 2.33. The Morgan fingerprint density at radius 3 is 2.31 bits per heavy atom. The molecule has 8 heteroatoms. The summed E-state index contributed by atoms with van der Waals surface area (Å²) in [5.41, 5.74) is 3.21. The topological polar surface area (TPSA) is 75.0 Å². The summed E-state index contributed by atoms with van der Waals surface area (Å²) in [4.78, 5) is 19.2. The summed E-state index contributed by atoms with van der Waals surface area (Å²) in [6.45, 7) is 0.581. The fourth-order valence-electron chi connectivity index (χ4n) is 4.23. The summed E-state index contributed by atoms with van der Waals surface area (Å²) in [6, 6.07) is 9.50.